The number of halogens is 2. The van der Waals surface area contributed by atoms with E-state index in [1.54, 1.807) is 36.4 Å². The molecule has 0 saturated carbocycles. The van der Waals surface area contributed by atoms with Crippen LogP contribution in [0.15, 0.2) is 72.8 Å². The second kappa shape index (κ2) is 9.26. The van der Waals surface area contributed by atoms with Gasteiger partial charge in [0.25, 0.3) is 5.91 Å². The average Bonchev–Trinajstić information content (AvgIpc) is 2.70. The highest BCUT2D eigenvalue weighted by molar-refractivity contribution is 6.42. The average molecular weight is 416 g/mol. The van der Waals surface area contributed by atoms with Gasteiger partial charge in [-0.1, -0.05) is 41.4 Å². The van der Waals surface area contributed by atoms with Crippen LogP contribution in [0.1, 0.15) is 10.4 Å². The molecule has 142 valence electrons. The first-order chi connectivity index (χ1) is 13.5. The zero-order chi connectivity index (χ0) is 19.9. The van der Waals surface area contributed by atoms with E-state index in [4.69, 9.17) is 32.7 Å². The Kier molecular flexibility index (Phi) is 6.53. The van der Waals surface area contributed by atoms with Gasteiger partial charge in [-0.3, -0.25) is 4.79 Å². The highest BCUT2D eigenvalue weighted by atomic mass is 35.5. The Balaban J connectivity index is 1.51. The van der Waals surface area contributed by atoms with Gasteiger partial charge in [-0.2, -0.15) is 0 Å². The summed E-state index contributed by atoms with van der Waals surface area (Å²) in [4.78, 5) is 24.0. The number of para-hydroxylation sites is 1. The molecule has 0 heterocycles. The Labute approximate surface area is 171 Å². The van der Waals surface area contributed by atoms with E-state index in [2.05, 4.69) is 5.32 Å². The number of esters is 1. The van der Waals surface area contributed by atoms with Crippen molar-refractivity contribution in [2.45, 2.75) is 0 Å². The molecular weight excluding hydrogens is 401 g/mol. The zero-order valence-electron chi connectivity index (χ0n) is 14.5. The molecule has 1 N–H and O–H groups in total. The summed E-state index contributed by atoms with van der Waals surface area (Å²) in [6, 6.07) is 20.4. The maximum atomic E-state index is 12.1. The normalized spacial score (nSPS) is 10.2. The van der Waals surface area contributed by atoms with Crippen LogP contribution < -0.4 is 10.1 Å². The number of hydrogen-bond donors (Lipinski definition) is 1. The zero-order valence-corrected chi connectivity index (χ0v) is 16.0. The first kappa shape index (κ1) is 19.7. The summed E-state index contributed by atoms with van der Waals surface area (Å²) < 4.78 is 10.7. The number of benzene rings is 3. The first-order valence-corrected chi connectivity index (χ1v) is 9.02. The van der Waals surface area contributed by atoms with E-state index >= 15 is 0 Å². The number of nitrogens with one attached hydrogen (secondary N) is 1. The van der Waals surface area contributed by atoms with Crippen molar-refractivity contribution < 1.29 is 19.1 Å². The predicted molar refractivity (Wildman–Crippen MR) is 108 cm³/mol. The van der Waals surface area contributed by atoms with Crippen molar-refractivity contribution in [2.75, 3.05) is 11.9 Å². The van der Waals surface area contributed by atoms with Crippen LogP contribution in [0.2, 0.25) is 10.0 Å². The van der Waals surface area contributed by atoms with Crippen molar-refractivity contribution in [3.63, 3.8) is 0 Å². The standard InChI is InChI=1S/C21H15Cl2NO4/c22-18-11-8-15(12-19(18)23)24-20(25)13-27-21(26)14-6-9-17(10-7-14)28-16-4-2-1-3-5-16/h1-12H,13H2,(H,24,25). The summed E-state index contributed by atoms with van der Waals surface area (Å²) in [5, 5.41) is 3.27. The second-order valence-electron chi connectivity index (χ2n) is 5.69. The van der Waals surface area contributed by atoms with Gasteiger partial charge in [-0.15, -0.1) is 0 Å². The third-order valence-corrected chi connectivity index (χ3v) is 4.35. The van der Waals surface area contributed by atoms with Crippen LogP contribution in [0.4, 0.5) is 5.69 Å². The largest absolute Gasteiger partial charge is 0.457 e. The van der Waals surface area contributed by atoms with Gasteiger partial charge in [0, 0.05) is 5.69 Å². The number of carbonyl (C=O) groups excluding carboxylic acids is 2. The molecule has 0 aromatic heterocycles. The van der Waals surface area contributed by atoms with E-state index in [0.29, 0.717) is 32.8 Å². The van der Waals surface area contributed by atoms with Crippen molar-refractivity contribution in [3.05, 3.63) is 88.4 Å². The molecule has 0 fully saturated rings. The Bertz CT molecular complexity index is 975. The molecule has 3 rings (SSSR count). The van der Waals surface area contributed by atoms with Gasteiger partial charge in [0.1, 0.15) is 11.5 Å². The van der Waals surface area contributed by atoms with Gasteiger partial charge in [0.15, 0.2) is 6.61 Å². The van der Waals surface area contributed by atoms with Gasteiger partial charge in [0.05, 0.1) is 15.6 Å². The van der Waals surface area contributed by atoms with Crippen LogP contribution in [0.25, 0.3) is 0 Å². The van der Waals surface area contributed by atoms with E-state index in [1.807, 2.05) is 30.3 Å². The molecular formula is C21H15Cl2NO4. The van der Waals surface area contributed by atoms with Crippen molar-refractivity contribution in [2.24, 2.45) is 0 Å². The lowest BCUT2D eigenvalue weighted by atomic mass is 10.2. The van der Waals surface area contributed by atoms with E-state index < -0.39 is 18.5 Å². The molecule has 0 saturated heterocycles. The SMILES string of the molecule is O=C(COC(=O)c1ccc(Oc2ccccc2)cc1)Nc1ccc(Cl)c(Cl)c1. The van der Waals surface area contributed by atoms with Gasteiger partial charge < -0.3 is 14.8 Å². The number of amides is 1. The third kappa shape index (κ3) is 5.49. The lowest BCUT2D eigenvalue weighted by Crippen LogP contribution is -2.20. The minimum absolute atomic E-state index is 0.308. The molecule has 0 aliphatic heterocycles. The van der Waals surface area contributed by atoms with Crippen LogP contribution in [-0.2, 0) is 9.53 Å². The number of rotatable bonds is 6. The molecule has 1 amide bonds. The van der Waals surface area contributed by atoms with Gasteiger partial charge >= 0.3 is 5.97 Å². The molecule has 0 unspecified atom stereocenters. The van der Waals surface area contributed by atoms with E-state index in [9.17, 15) is 9.59 Å². The Morgan fingerprint density at radius 3 is 2.18 bits per heavy atom. The highest BCUT2D eigenvalue weighted by Gasteiger charge is 2.11. The molecule has 7 heteroatoms. The molecule has 0 spiro atoms. The molecule has 0 aliphatic rings. The topological polar surface area (TPSA) is 64.6 Å². The van der Waals surface area contributed by atoms with Crippen molar-refractivity contribution in [1.29, 1.82) is 0 Å². The first-order valence-electron chi connectivity index (χ1n) is 8.26. The van der Waals surface area contributed by atoms with E-state index in [-0.39, 0.29) is 0 Å². The minimum Gasteiger partial charge on any atom is -0.457 e. The number of carbonyl (C=O) groups is 2. The Morgan fingerprint density at radius 1 is 0.821 bits per heavy atom. The molecule has 5 nitrogen and oxygen atoms in total. The molecule has 3 aromatic rings. The number of anilines is 1. The predicted octanol–water partition coefficient (Wildman–Crippen LogP) is 5.58. The monoisotopic (exact) mass is 415 g/mol. The number of ether oxygens (including phenoxy) is 2. The van der Waals surface area contributed by atoms with Crippen molar-refractivity contribution in [3.8, 4) is 11.5 Å². The lowest BCUT2D eigenvalue weighted by Gasteiger charge is -2.08. The summed E-state index contributed by atoms with van der Waals surface area (Å²) in [6.07, 6.45) is 0. The number of hydrogen-bond acceptors (Lipinski definition) is 4. The van der Waals surface area contributed by atoms with Crippen molar-refractivity contribution in [1.82, 2.24) is 0 Å². The summed E-state index contributed by atoms with van der Waals surface area (Å²) >= 11 is 11.7. The molecule has 3 aromatic carbocycles. The third-order valence-electron chi connectivity index (χ3n) is 3.61. The molecule has 0 atom stereocenters. The molecule has 28 heavy (non-hydrogen) atoms. The molecule has 0 radical (unpaired) electrons. The van der Waals surface area contributed by atoms with E-state index in [1.165, 1.54) is 6.07 Å². The highest BCUT2D eigenvalue weighted by Crippen LogP contribution is 2.25. The summed E-state index contributed by atoms with van der Waals surface area (Å²) in [5.74, 6) is 0.170. The molecule has 0 aliphatic carbocycles. The van der Waals surface area contributed by atoms with Crippen LogP contribution in [0, 0.1) is 0 Å². The molecule has 0 bridgehead atoms. The van der Waals surface area contributed by atoms with Gasteiger partial charge in [-0.05, 0) is 54.6 Å². The van der Waals surface area contributed by atoms with Crippen LogP contribution in [0.3, 0.4) is 0 Å². The summed E-state index contributed by atoms with van der Waals surface area (Å²) in [6.45, 7) is -0.429. The van der Waals surface area contributed by atoms with Crippen LogP contribution in [-0.4, -0.2) is 18.5 Å². The van der Waals surface area contributed by atoms with Gasteiger partial charge in [-0.25, -0.2) is 4.79 Å². The van der Waals surface area contributed by atoms with Crippen LogP contribution in [0.5, 0.6) is 11.5 Å². The lowest BCUT2D eigenvalue weighted by molar-refractivity contribution is -0.119. The fourth-order valence-electron chi connectivity index (χ4n) is 2.27. The summed E-state index contributed by atoms with van der Waals surface area (Å²) in [5.41, 5.74) is 0.764. The Morgan fingerprint density at radius 2 is 1.50 bits per heavy atom. The second-order valence-corrected chi connectivity index (χ2v) is 6.51. The van der Waals surface area contributed by atoms with Crippen molar-refractivity contribution >= 4 is 40.8 Å². The smallest absolute Gasteiger partial charge is 0.338 e. The van der Waals surface area contributed by atoms with E-state index in [0.717, 1.165) is 0 Å². The Hall–Kier alpha value is -3.02. The maximum absolute atomic E-state index is 12.1. The fraction of sp³-hybridized carbons (Fsp3) is 0.0476. The van der Waals surface area contributed by atoms with Crippen LogP contribution >= 0.6 is 23.2 Å². The minimum atomic E-state index is -0.615. The fourth-order valence-corrected chi connectivity index (χ4v) is 2.57. The quantitative estimate of drug-likeness (QED) is 0.533. The maximum Gasteiger partial charge on any atom is 0.338 e. The summed E-state index contributed by atoms with van der Waals surface area (Å²) in [7, 11) is 0. The van der Waals surface area contributed by atoms with Gasteiger partial charge in [0.2, 0.25) is 0 Å².